The van der Waals surface area contributed by atoms with Gasteiger partial charge in [0.05, 0.1) is 6.04 Å². The lowest BCUT2D eigenvalue weighted by atomic mass is 10.1. The molecule has 0 aliphatic heterocycles. The van der Waals surface area contributed by atoms with Gasteiger partial charge in [-0.25, -0.2) is 0 Å². The van der Waals surface area contributed by atoms with E-state index in [9.17, 15) is 9.59 Å². The second-order valence-electron chi connectivity index (χ2n) is 5.83. The Kier molecular flexibility index (Phi) is 5.52. The predicted molar refractivity (Wildman–Crippen MR) is 92.2 cm³/mol. The molecule has 0 saturated carbocycles. The Labute approximate surface area is 136 Å². The number of nitrogens with one attached hydrogen (secondary N) is 2. The van der Waals surface area contributed by atoms with E-state index >= 15 is 0 Å². The molecule has 2 rings (SSSR count). The predicted octanol–water partition coefficient (Wildman–Crippen LogP) is 3.77. The van der Waals surface area contributed by atoms with E-state index in [0.717, 1.165) is 5.56 Å². The summed E-state index contributed by atoms with van der Waals surface area (Å²) >= 11 is 0. The smallest absolute Gasteiger partial charge is 0.251 e. The first kappa shape index (κ1) is 16.7. The molecule has 1 atom stereocenters. The molecule has 0 spiro atoms. The zero-order chi connectivity index (χ0) is 16.8. The molecule has 4 heteroatoms. The van der Waals surface area contributed by atoms with Crippen LogP contribution in [-0.2, 0) is 4.79 Å². The standard InChI is InChI=1S/C19H22N2O2/c1-13(2)18(22)21-17-11-7-10-16(12-17)19(23)20-14(3)15-8-5-4-6-9-15/h4-14H,1-3H3,(H,20,23)(H,21,22)/t14-/m1/s1. The van der Waals surface area contributed by atoms with Crippen molar-refractivity contribution in [2.75, 3.05) is 5.32 Å². The van der Waals surface area contributed by atoms with Crippen LogP contribution in [0, 0.1) is 5.92 Å². The van der Waals surface area contributed by atoms with Crippen molar-refractivity contribution in [1.29, 1.82) is 0 Å². The Balaban J connectivity index is 2.06. The second kappa shape index (κ2) is 7.58. The number of rotatable bonds is 5. The van der Waals surface area contributed by atoms with Crippen LogP contribution in [0.1, 0.15) is 42.7 Å². The fourth-order valence-corrected chi connectivity index (χ4v) is 2.13. The topological polar surface area (TPSA) is 58.2 Å². The summed E-state index contributed by atoms with van der Waals surface area (Å²) in [5, 5.41) is 5.77. The van der Waals surface area contributed by atoms with Gasteiger partial charge in [-0.2, -0.15) is 0 Å². The van der Waals surface area contributed by atoms with Crippen molar-refractivity contribution >= 4 is 17.5 Å². The molecule has 4 nitrogen and oxygen atoms in total. The Morgan fingerprint density at radius 3 is 2.26 bits per heavy atom. The molecule has 2 aromatic carbocycles. The summed E-state index contributed by atoms with van der Waals surface area (Å²) in [4.78, 5) is 24.1. The largest absolute Gasteiger partial charge is 0.346 e. The number of hydrogen-bond acceptors (Lipinski definition) is 2. The molecule has 0 unspecified atom stereocenters. The highest BCUT2D eigenvalue weighted by atomic mass is 16.2. The fraction of sp³-hybridized carbons (Fsp3) is 0.263. The van der Waals surface area contributed by atoms with E-state index < -0.39 is 0 Å². The minimum atomic E-state index is -0.165. The van der Waals surface area contributed by atoms with Gasteiger partial charge in [-0.3, -0.25) is 9.59 Å². The minimum Gasteiger partial charge on any atom is -0.346 e. The molecule has 0 fully saturated rings. The van der Waals surface area contributed by atoms with Crippen LogP contribution in [-0.4, -0.2) is 11.8 Å². The number of carbonyl (C=O) groups is 2. The molecule has 0 radical (unpaired) electrons. The van der Waals surface area contributed by atoms with Gasteiger partial charge < -0.3 is 10.6 Å². The molecule has 120 valence electrons. The molecule has 0 aliphatic carbocycles. The van der Waals surface area contributed by atoms with Crippen molar-refractivity contribution in [1.82, 2.24) is 5.32 Å². The van der Waals surface area contributed by atoms with Crippen LogP contribution in [0.3, 0.4) is 0 Å². The van der Waals surface area contributed by atoms with Gasteiger partial charge in [-0.1, -0.05) is 50.2 Å². The van der Waals surface area contributed by atoms with Gasteiger partial charge in [-0.15, -0.1) is 0 Å². The van der Waals surface area contributed by atoms with Crippen LogP contribution in [0.2, 0.25) is 0 Å². The van der Waals surface area contributed by atoms with Crippen molar-refractivity contribution in [3.05, 3.63) is 65.7 Å². The zero-order valence-corrected chi connectivity index (χ0v) is 13.7. The first-order valence-electron chi connectivity index (χ1n) is 7.74. The van der Waals surface area contributed by atoms with Crippen molar-refractivity contribution in [2.45, 2.75) is 26.8 Å². The van der Waals surface area contributed by atoms with Crippen LogP contribution in [0.15, 0.2) is 54.6 Å². The average molecular weight is 310 g/mol. The highest BCUT2D eigenvalue weighted by Gasteiger charge is 2.13. The van der Waals surface area contributed by atoms with Gasteiger partial charge in [0.2, 0.25) is 5.91 Å². The third kappa shape index (κ3) is 4.68. The van der Waals surface area contributed by atoms with Crippen molar-refractivity contribution in [2.24, 2.45) is 5.92 Å². The van der Waals surface area contributed by atoms with Crippen molar-refractivity contribution in [3.63, 3.8) is 0 Å². The Morgan fingerprint density at radius 1 is 0.913 bits per heavy atom. The molecular weight excluding hydrogens is 288 g/mol. The maximum absolute atomic E-state index is 12.4. The van der Waals surface area contributed by atoms with E-state index in [2.05, 4.69) is 10.6 Å². The first-order chi connectivity index (χ1) is 11.0. The van der Waals surface area contributed by atoms with Crippen molar-refractivity contribution in [3.8, 4) is 0 Å². The third-order valence-corrected chi connectivity index (χ3v) is 3.56. The molecule has 0 aromatic heterocycles. The summed E-state index contributed by atoms with van der Waals surface area (Å²) in [5.74, 6) is -0.340. The zero-order valence-electron chi connectivity index (χ0n) is 13.7. The van der Waals surface area contributed by atoms with Crippen LogP contribution in [0.25, 0.3) is 0 Å². The Morgan fingerprint density at radius 2 is 1.61 bits per heavy atom. The van der Waals surface area contributed by atoms with Gasteiger partial charge in [0, 0.05) is 17.2 Å². The van der Waals surface area contributed by atoms with E-state index in [1.54, 1.807) is 24.3 Å². The molecule has 2 aromatic rings. The SMILES string of the molecule is CC(C)C(=O)Nc1cccc(C(=O)N[C@H](C)c2ccccc2)c1. The quantitative estimate of drug-likeness (QED) is 0.883. The lowest BCUT2D eigenvalue weighted by Crippen LogP contribution is -2.26. The second-order valence-corrected chi connectivity index (χ2v) is 5.83. The minimum absolute atomic E-state index is 0.0692. The summed E-state index contributed by atoms with van der Waals surface area (Å²) in [6.45, 7) is 5.60. The van der Waals surface area contributed by atoms with Crippen LogP contribution in [0.5, 0.6) is 0 Å². The summed E-state index contributed by atoms with van der Waals surface area (Å²) in [7, 11) is 0. The van der Waals surface area contributed by atoms with Gasteiger partial charge in [0.15, 0.2) is 0 Å². The van der Waals surface area contributed by atoms with Gasteiger partial charge in [-0.05, 0) is 30.7 Å². The summed E-state index contributed by atoms with van der Waals surface area (Å²) in [6.07, 6.45) is 0. The van der Waals surface area contributed by atoms with Crippen molar-refractivity contribution < 1.29 is 9.59 Å². The molecule has 0 aliphatic rings. The van der Waals surface area contributed by atoms with Crippen LogP contribution < -0.4 is 10.6 Å². The number of amides is 2. The molecule has 23 heavy (non-hydrogen) atoms. The normalized spacial score (nSPS) is 11.8. The summed E-state index contributed by atoms with van der Waals surface area (Å²) in [5.41, 5.74) is 2.20. The monoisotopic (exact) mass is 310 g/mol. The maximum atomic E-state index is 12.4. The Bertz CT molecular complexity index is 681. The van der Waals surface area contributed by atoms with Crippen LogP contribution in [0.4, 0.5) is 5.69 Å². The van der Waals surface area contributed by atoms with Crippen LogP contribution >= 0.6 is 0 Å². The summed E-state index contributed by atoms with van der Waals surface area (Å²) < 4.78 is 0. The summed E-state index contributed by atoms with van der Waals surface area (Å²) in [6, 6.07) is 16.7. The van der Waals surface area contributed by atoms with Gasteiger partial charge in [0.25, 0.3) is 5.91 Å². The molecular formula is C19H22N2O2. The molecule has 2 amide bonds. The number of benzene rings is 2. The number of carbonyl (C=O) groups excluding carboxylic acids is 2. The lowest BCUT2D eigenvalue weighted by Gasteiger charge is -2.15. The first-order valence-corrected chi connectivity index (χ1v) is 7.74. The average Bonchev–Trinajstić information content (AvgIpc) is 2.55. The van der Waals surface area contributed by atoms with E-state index in [-0.39, 0.29) is 23.8 Å². The van der Waals surface area contributed by atoms with E-state index in [0.29, 0.717) is 11.3 Å². The molecule has 2 N–H and O–H groups in total. The van der Waals surface area contributed by atoms with E-state index in [1.807, 2.05) is 51.1 Å². The Hall–Kier alpha value is -2.62. The molecule has 0 heterocycles. The molecule has 0 saturated heterocycles. The highest BCUT2D eigenvalue weighted by molar-refractivity contribution is 5.97. The lowest BCUT2D eigenvalue weighted by molar-refractivity contribution is -0.118. The fourth-order valence-electron chi connectivity index (χ4n) is 2.13. The third-order valence-electron chi connectivity index (χ3n) is 3.56. The van der Waals surface area contributed by atoms with E-state index in [4.69, 9.17) is 0 Å². The molecule has 0 bridgehead atoms. The number of anilines is 1. The highest BCUT2D eigenvalue weighted by Crippen LogP contribution is 2.15. The maximum Gasteiger partial charge on any atom is 0.251 e. The van der Waals surface area contributed by atoms with E-state index in [1.165, 1.54) is 0 Å². The van der Waals surface area contributed by atoms with Gasteiger partial charge >= 0.3 is 0 Å². The number of hydrogen-bond donors (Lipinski definition) is 2. The van der Waals surface area contributed by atoms with Gasteiger partial charge in [0.1, 0.15) is 0 Å².